The van der Waals surface area contributed by atoms with Crippen molar-refractivity contribution in [2.75, 3.05) is 7.11 Å². The number of nitrogens with zero attached hydrogens (tertiary/aromatic N) is 1. The van der Waals surface area contributed by atoms with Crippen LogP contribution in [0.1, 0.15) is 5.56 Å². The summed E-state index contributed by atoms with van der Waals surface area (Å²) in [5, 5.41) is 11.2. The Kier molecular flexibility index (Phi) is 5.89. The summed E-state index contributed by atoms with van der Waals surface area (Å²) in [7, 11) is 1.11. The second-order valence-corrected chi connectivity index (χ2v) is 6.34. The van der Waals surface area contributed by atoms with Crippen LogP contribution >= 0.6 is 11.6 Å². The first-order valence-electron chi connectivity index (χ1n) is 8.20. The van der Waals surface area contributed by atoms with Gasteiger partial charge in [-0.05, 0) is 59.3 Å². The number of esters is 1. The molecule has 0 heterocycles. The molecule has 0 atom stereocenters. The standard InChI is InChI=1S/C21H13ClF3NO3/c1-29-21(28)16(10-26-14-4-2-13(23)3-5-14)20(27)15-6-11-8-18(24)19(25)9-12(11)7-17(15)22/h2-10,27H,1H3/b20-16+,26-10?. The summed E-state index contributed by atoms with van der Waals surface area (Å²) in [5.41, 5.74) is -0.0143. The van der Waals surface area contributed by atoms with Crippen molar-refractivity contribution in [3.63, 3.8) is 0 Å². The number of aliphatic imine (C=N–C) groups is 1. The molecule has 3 aromatic rings. The van der Waals surface area contributed by atoms with E-state index in [-0.39, 0.29) is 21.5 Å². The normalized spacial score (nSPS) is 12.3. The molecule has 148 valence electrons. The number of hydrogen-bond donors (Lipinski definition) is 1. The molecular weight excluding hydrogens is 407 g/mol. The van der Waals surface area contributed by atoms with E-state index in [1.807, 2.05) is 0 Å². The molecule has 0 saturated carbocycles. The van der Waals surface area contributed by atoms with Crippen LogP contribution in [0.25, 0.3) is 16.5 Å². The van der Waals surface area contributed by atoms with Crippen molar-refractivity contribution in [3.8, 4) is 0 Å². The molecule has 1 N–H and O–H groups in total. The number of carbonyl (C=O) groups excluding carboxylic acids is 1. The SMILES string of the molecule is COC(=O)/C(C=Nc1ccc(F)cc1)=C(/O)c1cc2cc(F)c(F)cc2cc1Cl. The zero-order chi connectivity index (χ0) is 21.1. The Bertz CT molecular complexity index is 1160. The highest BCUT2D eigenvalue weighted by molar-refractivity contribution is 6.33. The molecule has 0 amide bonds. The van der Waals surface area contributed by atoms with E-state index >= 15 is 0 Å². The van der Waals surface area contributed by atoms with Crippen LogP contribution in [0.3, 0.4) is 0 Å². The fourth-order valence-corrected chi connectivity index (χ4v) is 2.84. The Hall–Kier alpha value is -3.32. The molecular formula is C21H13ClF3NO3. The van der Waals surface area contributed by atoms with Crippen molar-refractivity contribution in [1.82, 2.24) is 0 Å². The van der Waals surface area contributed by atoms with Gasteiger partial charge in [0.05, 0.1) is 17.8 Å². The van der Waals surface area contributed by atoms with Gasteiger partial charge in [-0.2, -0.15) is 0 Å². The summed E-state index contributed by atoms with van der Waals surface area (Å²) < 4.78 is 44.7. The fourth-order valence-electron chi connectivity index (χ4n) is 2.58. The summed E-state index contributed by atoms with van der Waals surface area (Å²) in [5.74, 6) is -4.04. The summed E-state index contributed by atoms with van der Waals surface area (Å²) in [6.07, 6.45) is 1.04. The van der Waals surface area contributed by atoms with Crippen LogP contribution in [0.5, 0.6) is 0 Å². The van der Waals surface area contributed by atoms with Gasteiger partial charge in [-0.1, -0.05) is 11.6 Å². The maximum atomic E-state index is 13.6. The number of benzene rings is 3. The second kappa shape index (κ2) is 8.36. The number of aliphatic hydroxyl groups excluding tert-OH is 1. The fraction of sp³-hybridized carbons (Fsp3) is 0.0476. The minimum absolute atomic E-state index is 0.00223. The van der Waals surface area contributed by atoms with Gasteiger partial charge >= 0.3 is 5.97 Å². The van der Waals surface area contributed by atoms with Crippen molar-refractivity contribution in [2.45, 2.75) is 0 Å². The van der Waals surface area contributed by atoms with E-state index in [0.29, 0.717) is 11.1 Å². The number of ether oxygens (including phenoxy) is 1. The quantitative estimate of drug-likeness (QED) is 0.253. The summed E-state index contributed by atoms with van der Waals surface area (Å²) in [6.45, 7) is 0. The molecule has 0 aliphatic heterocycles. The van der Waals surface area contributed by atoms with E-state index in [0.717, 1.165) is 25.5 Å². The van der Waals surface area contributed by atoms with Gasteiger partial charge in [-0.25, -0.2) is 18.0 Å². The molecule has 0 fully saturated rings. The third-order valence-corrected chi connectivity index (χ3v) is 4.36. The van der Waals surface area contributed by atoms with Crippen LogP contribution in [0.4, 0.5) is 18.9 Å². The number of methoxy groups -OCH3 is 1. The molecule has 3 rings (SSSR count). The average Bonchev–Trinajstić information content (AvgIpc) is 2.70. The van der Waals surface area contributed by atoms with Gasteiger partial charge in [0.25, 0.3) is 0 Å². The molecule has 0 saturated heterocycles. The van der Waals surface area contributed by atoms with E-state index in [1.54, 1.807) is 0 Å². The lowest BCUT2D eigenvalue weighted by atomic mass is 10.0. The molecule has 29 heavy (non-hydrogen) atoms. The average molecular weight is 420 g/mol. The highest BCUT2D eigenvalue weighted by Crippen LogP contribution is 2.31. The van der Waals surface area contributed by atoms with E-state index in [2.05, 4.69) is 9.73 Å². The molecule has 8 heteroatoms. The highest BCUT2D eigenvalue weighted by Gasteiger charge is 2.19. The maximum Gasteiger partial charge on any atom is 0.343 e. The Morgan fingerprint density at radius 2 is 1.62 bits per heavy atom. The van der Waals surface area contributed by atoms with Gasteiger partial charge in [0.2, 0.25) is 0 Å². The minimum Gasteiger partial charge on any atom is -0.506 e. The predicted molar refractivity (Wildman–Crippen MR) is 105 cm³/mol. The van der Waals surface area contributed by atoms with Crippen molar-refractivity contribution < 1.29 is 27.8 Å². The van der Waals surface area contributed by atoms with Gasteiger partial charge in [0.15, 0.2) is 11.6 Å². The molecule has 0 aliphatic carbocycles. The smallest absolute Gasteiger partial charge is 0.343 e. The van der Waals surface area contributed by atoms with Crippen molar-refractivity contribution in [1.29, 1.82) is 0 Å². The largest absolute Gasteiger partial charge is 0.506 e. The van der Waals surface area contributed by atoms with Crippen LogP contribution in [0.15, 0.2) is 59.1 Å². The van der Waals surface area contributed by atoms with Crippen LogP contribution in [-0.2, 0) is 9.53 Å². The Morgan fingerprint density at radius 3 is 2.21 bits per heavy atom. The van der Waals surface area contributed by atoms with Gasteiger partial charge in [-0.3, -0.25) is 4.99 Å². The van der Waals surface area contributed by atoms with E-state index in [9.17, 15) is 23.1 Å². The first-order valence-corrected chi connectivity index (χ1v) is 8.58. The van der Waals surface area contributed by atoms with Gasteiger partial charge in [0.1, 0.15) is 17.1 Å². The highest BCUT2D eigenvalue weighted by atomic mass is 35.5. The molecule has 0 spiro atoms. The lowest BCUT2D eigenvalue weighted by Gasteiger charge is -2.10. The number of hydrogen-bond acceptors (Lipinski definition) is 4. The lowest BCUT2D eigenvalue weighted by molar-refractivity contribution is -0.135. The van der Waals surface area contributed by atoms with Crippen LogP contribution in [-0.4, -0.2) is 24.4 Å². The predicted octanol–water partition coefficient (Wildman–Crippen LogP) is 5.76. The number of carbonyl (C=O) groups is 1. The zero-order valence-electron chi connectivity index (χ0n) is 14.9. The van der Waals surface area contributed by atoms with Crippen LogP contribution < -0.4 is 0 Å². The number of halogens is 4. The van der Waals surface area contributed by atoms with Gasteiger partial charge in [0, 0.05) is 11.8 Å². The molecule has 0 radical (unpaired) electrons. The zero-order valence-corrected chi connectivity index (χ0v) is 15.7. The number of fused-ring (bicyclic) bond motifs is 1. The third kappa shape index (κ3) is 4.41. The number of rotatable bonds is 4. The van der Waals surface area contributed by atoms with Crippen molar-refractivity contribution in [3.05, 3.63) is 82.1 Å². The van der Waals surface area contributed by atoms with Gasteiger partial charge < -0.3 is 9.84 Å². The Balaban J connectivity index is 2.13. The summed E-state index contributed by atoms with van der Waals surface area (Å²) in [4.78, 5) is 16.1. The minimum atomic E-state index is -1.07. The Morgan fingerprint density at radius 1 is 1.03 bits per heavy atom. The van der Waals surface area contributed by atoms with E-state index < -0.39 is 29.2 Å². The monoisotopic (exact) mass is 419 g/mol. The summed E-state index contributed by atoms with van der Waals surface area (Å²) >= 11 is 6.17. The van der Waals surface area contributed by atoms with Crippen LogP contribution in [0, 0.1) is 17.5 Å². The van der Waals surface area contributed by atoms with E-state index in [1.165, 1.54) is 36.4 Å². The van der Waals surface area contributed by atoms with E-state index in [4.69, 9.17) is 11.6 Å². The summed E-state index contributed by atoms with van der Waals surface area (Å²) in [6, 6.07) is 9.67. The molecule has 0 bridgehead atoms. The second-order valence-electron chi connectivity index (χ2n) is 5.93. The molecule has 3 aromatic carbocycles. The van der Waals surface area contributed by atoms with Crippen LogP contribution in [0.2, 0.25) is 5.02 Å². The van der Waals surface area contributed by atoms with Crippen molar-refractivity contribution >= 4 is 46.0 Å². The molecule has 0 unspecified atom stereocenters. The Labute approximate surface area is 168 Å². The van der Waals surface area contributed by atoms with Gasteiger partial charge in [-0.15, -0.1) is 0 Å². The first-order chi connectivity index (χ1) is 13.8. The lowest BCUT2D eigenvalue weighted by Crippen LogP contribution is -2.09. The number of aliphatic hydroxyl groups is 1. The topological polar surface area (TPSA) is 58.9 Å². The van der Waals surface area contributed by atoms with Crippen molar-refractivity contribution in [2.24, 2.45) is 4.99 Å². The maximum absolute atomic E-state index is 13.6. The molecule has 4 nitrogen and oxygen atoms in total. The third-order valence-electron chi connectivity index (χ3n) is 4.05. The molecule has 0 aromatic heterocycles. The first kappa shape index (κ1) is 20.4. The molecule has 0 aliphatic rings.